The van der Waals surface area contributed by atoms with Gasteiger partial charge in [-0.15, -0.1) is 0 Å². The second kappa shape index (κ2) is 7.96. The Balaban J connectivity index is 2.49. The first-order valence-corrected chi connectivity index (χ1v) is 6.22. The van der Waals surface area contributed by atoms with Gasteiger partial charge in [0.2, 0.25) is 0 Å². The highest BCUT2D eigenvalue weighted by molar-refractivity contribution is 5.42. The topological polar surface area (TPSA) is 38.7 Å². The summed E-state index contributed by atoms with van der Waals surface area (Å²) in [5.41, 5.74) is 0.842. The van der Waals surface area contributed by atoms with E-state index >= 15 is 0 Å². The molecule has 3 heteroatoms. The van der Waals surface area contributed by atoms with Gasteiger partial charge >= 0.3 is 0 Å². The van der Waals surface area contributed by atoms with Crippen molar-refractivity contribution in [3.63, 3.8) is 0 Å². The van der Waals surface area contributed by atoms with E-state index in [1.807, 2.05) is 18.2 Å². The zero-order valence-electron chi connectivity index (χ0n) is 10.7. The van der Waals surface area contributed by atoms with Crippen molar-refractivity contribution in [1.29, 1.82) is 0 Å². The maximum Gasteiger partial charge on any atom is 0.161 e. The fraction of sp³-hybridized carbons (Fsp3) is 0.571. The number of rotatable bonds is 8. The first kappa shape index (κ1) is 13.8. The Morgan fingerprint density at radius 3 is 2.59 bits per heavy atom. The van der Waals surface area contributed by atoms with Gasteiger partial charge in [0, 0.05) is 0 Å². The van der Waals surface area contributed by atoms with Crippen LogP contribution < -0.4 is 9.47 Å². The summed E-state index contributed by atoms with van der Waals surface area (Å²) in [6.45, 7) is 2.91. The molecule has 0 saturated heterocycles. The fourth-order valence-electron chi connectivity index (χ4n) is 1.64. The smallest absolute Gasteiger partial charge is 0.161 e. The number of methoxy groups -OCH3 is 1. The predicted octanol–water partition coefficient (Wildman–Crippen LogP) is 3.15. The van der Waals surface area contributed by atoms with Crippen LogP contribution >= 0.6 is 0 Å². The highest BCUT2D eigenvalue weighted by atomic mass is 16.5. The molecule has 0 saturated carbocycles. The molecule has 0 fully saturated rings. The molecular weight excluding hydrogens is 216 g/mol. The lowest BCUT2D eigenvalue weighted by atomic mass is 10.2. The summed E-state index contributed by atoms with van der Waals surface area (Å²) < 4.78 is 10.9. The van der Waals surface area contributed by atoms with Crippen molar-refractivity contribution >= 4 is 0 Å². The Kier molecular flexibility index (Phi) is 6.48. The van der Waals surface area contributed by atoms with E-state index in [1.165, 1.54) is 19.3 Å². The minimum atomic E-state index is 0.0240. The van der Waals surface area contributed by atoms with Crippen molar-refractivity contribution in [2.45, 2.75) is 39.2 Å². The average Bonchev–Trinajstić information content (AvgIpc) is 2.38. The van der Waals surface area contributed by atoms with E-state index in [-0.39, 0.29) is 6.61 Å². The van der Waals surface area contributed by atoms with Crippen molar-refractivity contribution in [2.75, 3.05) is 13.7 Å². The Labute approximate surface area is 103 Å². The second-order valence-corrected chi connectivity index (χ2v) is 4.05. The molecule has 0 aliphatic heterocycles. The molecule has 0 aliphatic rings. The van der Waals surface area contributed by atoms with Crippen LogP contribution in [0.1, 0.15) is 38.2 Å². The molecule has 0 spiro atoms. The molecule has 0 heterocycles. The SMILES string of the molecule is CCCCCCOc1cc(CO)ccc1OC. The summed E-state index contributed by atoms with van der Waals surface area (Å²) in [4.78, 5) is 0. The van der Waals surface area contributed by atoms with E-state index < -0.39 is 0 Å². The number of unbranched alkanes of at least 4 members (excludes halogenated alkanes) is 3. The van der Waals surface area contributed by atoms with Crippen LogP contribution in [0.15, 0.2) is 18.2 Å². The Morgan fingerprint density at radius 1 is 1.12 bits per heavy atom. The average molecular weight is 238 g/mol. The van der Waals surface area contributed by atoms with Gasteiger partial charge in [0.15, 0.2) is 11.5 Å². The number of hydrogen-bond acceptors (Lipinski definition) is 3. The van der Waals surface area contributed by atoms with Crippen LogP contribution in [-0.2, 0) is 6.61 Å². The number of aliphatic hydroxyl groups excluding tert-OH is 1. The summed E-state index contributed by atoms with van der Waals surface area (Å²) in [5, 5.41) is 9.07. The summed E-state index contributed by atoms with van der Waals surface area (Å²) in [7, 11) is 1.62. The molecule has 1 rings (SSSR count). The highest BCUT2D eigenvalue weighted by Gasteiger charge is 2.05. The van der Waals surface area contributed by atoms with Gasteiger partial charge in [-0.2, -0.15) is 0 Å². The molecule has 1 aromatic rings. The molecule has 0 amide bonds. The Morgan fingerprint density at radius 2 is 1.94 bits per heavy atom. The monoisotopic (exact) mass is 238 g/mol. The predicted molar refractivity (Wildman–Crippen MR) is 68.6 cm³/mol. The molecule has 0 unspecified atom stereocenters. The number of aliphatic hydroxyl groups is 1. The molecule has 0 aromatic heterocycles. The van der Waals surface area contributed by atoms with E-state index in [1.54, 1.807) is 7.11 Å². The van der Waals surface area contributed by atoms with Crippen LogP contribution in [0, 0.1) is 0 Å². The molecule has 0 radical (unpaired) electrons. The summed E-state index contributed by atoms with van der Waals surface area (Å²) in [6, 6.07) is 5.49. The van der Waals surface area contributed by atoms with Gasteiger partial charge in [-0.1, -0.05) is 32.3 Å². The Bertz CT molecular complexity index is 323. The summed E-state index contributed by atoms with van der Waals surface area (Å²) in [5.74, 6) is 1.44. The zero-order chi connectivity index (χ0) is 12.5. The van der Waals surface area contributed by atoms with Crippen LogP contribution in [0.5, 0.6) is 11.5 Å². The third-order valence-electron chi connectivity index (χ3n) is 2.67. The lowest BCUT2D eigenvalue weighted by Crippen LogP contribution is -2.00. The number of benzene rings is 1. The van der Waals surface area contributed by atoms with Gasteiger partial charge in [0.1, 0.15) is 0 Å². The largest absolute Gasteiger partial charge is 0.493 e. The first-order valence-electron chi connectivity index (χ1n) is 6.22. The van der Waals surface area contributed by atoms with Crippen molar-refractivity contribution in [3.05, 3.63) is 23.8 Å². The van der Waals surface area contributed by atoms with E-state index in [9.17, 15) is 0 Å². The van der Waals surface area contributed by atoms with Crippen LogP contribution in [0.3, 0.4) is 0 Å². The summed E-state index contributed by atoms with van der Waals surface area (Å²) in [6.07, 6.45) is 4.72. The molecule has 96 valence electrons. The Hall–Kier alpha value is -1.22. The summed E-state index contributed by atoms with van der Waals surface area (Å²) >= 11 is 0. The standard InChI is InChI=1S/C14H22O3/c1-3-4-5-6-9-17-14-10-12(11-15)7-8-13(14)16-2/h7-8,10,15H,3-6,9,11H2,1-2H3. The molecule has 0 atom stereocenters. The van der Waals surface area contributed by atoms with Gasteiger partial charge in [0.25, 0.3) is 0 Å². The third kappa shape index (κ3) is 4.65. The highest BCUT2D eigenvalue weighted by Crippen LogP contribution is 2.28. The molecule has 3 nitrogen and oxygen atoms in total. The molecule has 1 N–H and O–H groups in total. The lowest BCUT2D eigenvalue weighted by molar-refractivity contribution is 0.272. The quantitative estimate of drug-likeness (QED) is 0.707. The van der Waals surface area contributed by atoms with Crippen LogP contribution in [-0.4, -0.2) is 18.8 Å². The molecular formula is C14H22O3. The minimum Gasteiger partial charge on any atom is -0.493 e. The van der Waals surface area contributed by atoms with Crippen molar-refractivity contribution in [3.8, 4) is 11.5 Å². The van der Waals surface area contributed by atoms with E-state index in [2.05, 4.69) is 6.92 Å². The van der Waals surface area contributed by atoms with Gasteiger partial charge in [-0.25, -0.2) is 0 Å². The fourth-order valence-corrected chi connectivity index (χ4v) is 1.64. The lowest BCUT2D eigenvalue weighted by Gasteiger charge is -2.11. The van der Waals surface area contributed by atoms with Gasteiger partial charge in [-0.05, 0) is 24.1 Å². The minimum absolute atomic E-state index is 0.0240. The third-order valence-corrected chi connectivity index (χ3v) is 2.67. The van der Waals surface area contributed by atoms with Gasteiger partial charge in [-0.3, -0.25) is 0 Å². The maximum absolute atomic E-state index is 9.07. The van der Waals surface area contributed by atoms with Crippen molar-refractivity contribution in [1.82, 2.24) is 0 Å². The van der Waals surface area contributed by atoms with E-state index in [4.69, 9.17) is 14.6 Å². The van der Waals surface area contributed by atoms with Crippen LogP contribution in [0.4, 0.5) is 0 Å². The van der Waals surface area contributed by atoms with E-state index in [0.29, 0.717) is 6.61 Å². The normalized spacial score (nSPS) is 10.3. The van der Waals surface area contributed by atoms with Gasteiger partial charge in [0.05, 0.1) is 20.3 Å². The zero-order valence-corrected chi connectivity index (χ0v) is 10.7. The second-order valence-electron chi connectivity index (χ2n) is 4.05. The molecule has 0 aliphatic carbocycles. The molecule has 0 bridgehead atoms. The van der Waals surface area contributed by atoms with E-state index in [0.717, 1.165) is 23.5 Å². The van der Waals surface area contributed by atoms with Crippen LogP contribution in [0.25, 0.3) is 0 Å². The number of ether oxygens (including phenoxy) is 2. The molecule has 17 heavy (non-hydrogen) atoms. The number of hydrogen-bond donors (Lipinski definition) is 1. The molecule has 1 aromatic carbocycles. The van der Waals surface area contributed by atoms with Gasteiger partial charge < -0.3 is 14.6 Å². The van der Waals surface area contributed by atoms with Crippen molar-refractivity contribution < 1.29 is 14.6 Å². The first-order chi connectivity index (χ1) is 8.31. The van der Waals surface area contributed by atoms with Crippen molar-refractivity contribution in [2.24, 2.45) is 0 Å². The maximum atomic E-state index is 9.07. The van der Waals surface area contributed by atoms with Crippen LogP contribution in [0.2, 0.25) is 0 Å².